The van der Waals surface area contributed by atoms with Crippen LogP contribution in [0.1, 0.15) is 24.0 Å². The molecule has 0 aliphatic carbocycles. The molecule has 0 saturated carbocycles. The van der Waals surface area contributed by atoms with Gasteiger partial charge < -0.3 is 15.3 Å². The number of piperidine rings is 1. The number of aliphatic carboxylic acids is 1. The van der Waals surface area contributed by atoms with E-state index >= 15 is 0 Å². The zero-order valence-electron chi connectivity index (χ0n) is 12.1. The molecule has 1 saturated heterocycles. The number of hydrogen-bond donors (Lipinski definition) is 3. The van der Waals surface area contributed by atoms with Crippen LogP contribution in [0.2, 0.25) is 0 Å². The van der Waals surface area contributed by atoms with Crippen molar-refractivity contribution in [3.63, 3.8) is 0 Å². The fourth-order valence-corrected chi connectivity index (χ4v) is 2.84. The summed E-state index contributed by atoms with van der Waals surface area (Å²) in [5, 5.41) is 27.4. The van der Waals surface area contributed by atoms with Gasteiger partial charge in [0, 0.05) is 6.54 Å². The predicted molar refractivity (Wildman–Crippen MR) is 78.9 cm³/mol. The third-order valence-corrected chi connectivity index (χ3v) is 4.15. The number of likely N-dealkylation sites (tertiary alicyclic amines) is 1. The van der Waals surface area contributed by atoms with Gasteiger partial charge in [-0.05, 0) is 43.0 Å². The Bertz CT molecular complexity index is 452. The van der Waals surface area contributed by atoms with Crippen LogP contribution in [-0.2, 0) is 17.8 Å². The van der Waals surface area contributed by atoms with Gasteiger partial charge in [0.25, 0.3) is 0 Å². The normalized spacial score (nSPS) is 18.6. The predicted octanol–water partition coefficient (Wildman–Crippen LogP) is 0.879. The summed E-state index contributed by atoms with van der Waals surface area (Å²) in [6.07, 6.45) is 1.27. The molecule has 1 aromatic rings. The summed E-state index contributed by atoms with van der Waals surface area (Å²) >= 11 is 0. The van der Waals surface area contributed by atoms with Crippen LogP contribution in [0.15, 0.2) is 24.3 Å². The van der Waals surface area contributed by atoms with Gasteiger partial charge in [-0.3, -0.25) is 9.69 Å². The first-order valence-electron chi connectivity index (χ1n) is 7.39. The number of hydrogen-bond acceptors (Lipinski definition) is 4. The number of carbonyl (C=O) groups is 1. The summed E-state index contributed by atoms with van der Waals surface area (Å²) in [4.78, 5) is 13.0. The lowest BCUT2D eigenvalue weighted by molar-refractivity contribution is -0.136. The van der Waals surface area contributed by atoms with E-state index in [1.807, 2.05) is 24.3 Å². The second-order valence-corrected chi connectivity index (χ2v) is 5.75. The first kappa shape index (κ1) is 15.9. The molecule has 5 nitrogen and oxygen atoms in total. The van der Waals surface area contributed by atoms with Crippen LogP contribution >= 0.6 is 0 Å². The van der Waals surface area contributed by atoms with Crippen LogP contribution < -0.4 is 0 Å². The Morgan fingerprint density at radius 2 is 1.76 bits per heavy atom. The number of carboxylic acid groups (broad SMARTS) is 1. The van der Waals surface area contributed by atoms with Crippen molar-refractivity contribution < 1.29 is 20.1 Å². The Hall–Kier alpha value is -1.43. The zero-order valence-corrected chi connectivity index (χ0v) is 12.1. The van der Waals surface area contributed by atoms with E-state index in [1.54, 1.807) is 0 Å². The van der Waals surface area contributed by atoms with Gasteiger partial charge in [-0.1, -0.05) is 24.3 Å². The van der Waals surface area contributed by atoms with Gasteiger partial charge in [-0.25, -0.2) is 0 Å². The molecule has 5 heteroatoms. The standard InChI is InChI=1S/C16H23NO4/c18-11-15(19)14-5-7-17(8-6-14)10-13-3-1-12(2-4-13)9-16(20)21/h1-4,14-15,18-19H,5-11H2,(H,20,21). The molecule has 3 N–H and O–H groups in total. The molecular weight excluding hydrogens is 270 g/mol. The minimum atomic E-state index is -0.813. The van der Waals surface area contributed by atoms with Gasteiger partial charge in [0.15, 0.2) is 0 Å². The second-order valence-electron chi connectivity index (χ2n) is 5.75. The van der Waals surface area contributed by atoms with Crippen LogP contribution in [0.3, 0.4) is 0 Å². The first-order chi connectivity index (χ1) is 10.1. The number of rotatable bonds is 6. The fourth-order valence-electron chi connectivity index (χ4n) is 2.84. The number of aliphatic hydroxyl groups is 2. The van der Waals surface area contributed by atoms with Crippen molar-refractivity contribution in [1.82, 2.24) is 4.90 Å². The quantitative estimate of drug-likeness (QED) is 0.725. The van der Waals surface area contributed by atoms with E-state index in [0.717, 1.165) is 38.0 Å². The van der Waals surface area contributed by atoms with Crippen LogP contribution in [0.5, 0.6) is 0 Å². The second kappa shape index (κ2) is 7.54. The molecule has 1 aliphatic heterocycles. The van der Waals surface area contributed by atoms with E-state index in [9.17, 15) is 9.90 Å². The molecule has 0 radical (unpaired) electrons. The molecule has 1 unspecified atom stereocenters. The van der Waals surface area contributed by atoms with Crippen molar-refractivity contribution in [1.29, 1.82) is 0 Å². The maximum Gasteiger partial charge on any atom is 0.307 e. The number of aliphatic hydroxyl groups excluding tert-OH is 2. The van der Waals surface area contributed by atoms with Crippen molar-refractivity contribution in [2.45, 2.75) is 31.9 Å². The lowest BCUT2D eigenvalue weighted by Gasteiger charge is -2.33. The van der Waals surface area contributed by atoms with E-state index in [2.05, 4.69) is 4.90 Å². The van der Waals surface area contributed by atoms with Crippen molar-refractivity contribution >= 4 is 5.97 Å². The third kappa shape index (κ3) is 4.81. The number of benzene rings is 1. The van der Waals surface area contributed by atoms with Gasteiger partial charge in [0.2, 0.25) is 0 Å². The number of carboxylic acids is 1. The molecule has 1 heterocycles. The molecule has 0 spiro atoms. The van der Waals surface area contributed by atoms with E-state index in [4.69, 9.17) is 10.2 Å². The minimum Gasteiger partial charge on any atom is -0.481 e. The molecular formula is C16H23NO4. The highest BCUT2D eigenvalue weighted by molar-refractivity contribution is 5.70. The maximum absolute atomic E-state index is 10.6. The van der Waals surface area contributed by atoms with E-state index in [0.29, 0.717) is 0 Å². The Balaban J connectivity index is 1.82. The molecule has 1 fully saturated rings. The largest absolute Gasteiger partial charge is 0.481 e. The lowest BCUT2D eigenvalue weighted by atomic mass is 9.91. The Morgan fingerprint density at radius 1 is 1.19 bits per heavy atom. The van der Waals surface area contributed by atoms with Crippen molar-refractivity contribution in [3.05, 3.63) is 35.4 Å². The van der Waals surface area contributed by atoms with Gasteiger partial charge in [-0.2, -0.15) is 0 Å². The molecule has 0 bridgehead atoms. The number of nitrogens with zero attached hydrogens (tertiary/aromatic N) is 1. The van der Waals surface area contributed by atoms with Crippen molar-refractivity contribution in [3.8, 4) is 0 Å². The van der Waals surface area contributed by atoms with Gasteiger partial charge in [-0.15, -0.1) is 0 Å². The lowest BCUT2D eigenvalue weighted by Crippen LogP contribution is -2.38. The molecule has 2 rings (SSSR count). The summed E-state index contributed by atoms with van der Waals surface area (Å²) < 4.78 is 0. The summed E-state index contributed by atoms with van der Waals surface area (Å²) in [5.41, 5.74) is 1.99. The highest BCUT2D eigenvalue weighted by Gasteiger charge is 2.24. The zero-order chi connectivity index (χ0) is 15.2. The molecule has 21 heavy (non-hydrogen) atoms. The summed E-state index contributed by atoms with van der Waals surface area (Å²) in [6, 6.07) is 7.69. The van der Waals surface area contributed by atoms with Crippen molar-refractivity contribution in [2.75, 3.05) is 19.7 Å². The van der Waals surface area contributed by atoms with Crippen LogP contribution in [0.25, 0.3) is 0 Å². The average Bonchev–Trinajstić information content (AvgIpc) is 2.49. The monoisotopic (exact) mass is 293 g/mol. The Labute approximate surface area is 124 Å². The molecule has 0 amide bonds. The van der Waals surface area contributed by atoms with Crippen LogP contribution in [0, 0.1) is 5.92 Å². The van der Waals surface area contributed by atoms with E-state index < -0.39 is 12.1 Å². The topological polar surface area (TPSA) is 81.0 Å². The third-order valence-electron chi connectivity index (χ3n) is 4.15. The Morgan fingerprint density at radius 3 is 2.29 bits per heavy atom. The SMILES string of the molecule is O=C(O)Cc1ccc(CN2CCC(C(O)CO)CC2)cc1. The summed E-state index contributed by atoms with van der Waals surface area (Å²) in [6.45, 7) is 2.52. The molecule has 1 atom stereocenters. The molecule has 116 valence electrons. The first-order valence-corrected chi connectivity index (χ1v) is 7.39. The highest BCUT2D eigenvalue weighted by atomic mass is 16.4. The molecule has 1 aromatic carbocycles. The van der Waals surface area contributed by atoms with Gasteiger partial charge >= 0.3 is 5.97 Å². The molecule has 0 aromatic heterocycles. The fraction of sp³-hybridized carbons (Fsp3) is 0.562. The van der Waals surface area contributed by atoms with Crippen LogP contribution in [-0.4, -0.2) is 52.0 Å². The van der Waals surface area contributed by atoms with Crippen LogP contribution in [0.4, 0.5) is 0 Å². The smallest absolute Gasteiger partial charge is 0.307 e. The van der Waals surface area contributed by atoms with Gasteiger partial charge in [0.05, 0.1) is 19.1 Å². The van der Waals surface area contributed by atoms with E-state index in [-0.39, 0.29) is 18.9 Å². The maximum atomic E-state index is 10.6. The molecule has 1 aliphatic rings. The van der Waals surface area contributed by atoms with Gasteiger partial charge in [0.1, 0.15) is 0 Å². The Kier molecular flexibility index (Phi) is 5.73. The van der Waals surface area contributed by atoms with E-state index in [1.165, 1.54) is 5.56 Å². The minimum absolute atomic E-state index is 0.0602. The summed E-state index contributed by atoms with van der Waals surface area (Å²) in [5.74, 6) is -0.614. The van der Waals surface area contributed by atoms with Crippen molar-refractivity contribution in [2.24, 2.45) is 5.92 Å². The summed E-state index contributed by atoms with van der Waals surface area (Å²) in [7, 11) is 0. The average molecular weight is 293 g/mol. The highest BCUT2D eigenvalue weighted by Crippen LogP contribution is 2.22.